The second-order valence-corrected chi connectivity index (χ2v) is 11.6. The molecule has 0 saturated carbocycles. The smallest absolute Gasteiger partial charge is 0.294 e. The molecule has 2 rings (SSSR count). The molecule has 0 spiro atoms. The first kappa shape index (κ1) is 27.4. The molecule has 0 heterocycles. The quantitative estimate of drug-likeness (QED) is 0.296. The maximum atomic E-state index is 11.1. The third kappa shape index (κ3) is 10.3. The molecule has 0 aliphatic carbocycles. The van der Waals surface area contributed by atoms with Crippen LogP contribution in [0.25, 0.3) is 0 Å². The number of rotatable bonds is 14. The summed E-state index contributed by atoms with van der Waals surface area (Å²) in [5.74, 6) is 0. The summed E-state index contributed by atoms with van der Waals surface area (Å²) in [4.78, 5) is -0.224. The van der Waals surface area contributed by atoms with Crippen LogP contribution >= 0.6 is 0 Å². The van der Waals surface area contributed by atoms with Gasteiger partial charge in [0.1, 0.15) is 0 Å². The van der Waals surface area contributed by atoms with Gasteiger partial charge in [-0.15, -0.1) is 0 Å². The Labute approximate surface area is 196 Å². The van der Waals surface area contributed by atoms with Gasteiger partial charge >= 0.3 is 0 Å². The Hall–Kier alpha value is -1.82. The van der Waals surface area contributed by atoms with Crippen LogP contribution in [-0.2, 0) is 42.6 Å². The highest BCUT2D eigenvalue weighted by Crippen LogP contribution is 2.17. The molecule has 0 bridgehead atoms. The SMILES string of the molecule is CC(C)(COCCCc1ccc(S(=O)(=O)O)cc1)COCCCc1ccc(S(=O)(=O)O)cc1. The van der Waals surface area contributed by atoms with E-state index < -0.39 is 20.2 Å². The lowest BCUT2D eigenvalue weighted by Gasteiger charge is -2.24. The van der Waals surface area contributed by atoms with Gasteiger partial charge in [-0.05, 0) is 61.1 Å². The molecule has 0 unspecified atom stereocenters. The van der Waals surface area contributed by atoms with E-state index in [0.717, 1.165) is 36.8 Å². The van der Waals surface area contributed by atoms with Gasteiger partial charge in [-0.2, -0.15) is 16.8 Å². The highest BCUT2D eigenvalue weighted by molar-refractivity contribution is 7.86. The lowest BCUT2D eigenvalue weighted by Crippen LogP contribution is -2.26. The maximum Gasteiger partial charge on any atom is 0.294 e. The van der Waals surface area contributed by atoms with Crippen molar-refractivity contribution in [3.63, 3.8) is 0 Å². The summed E-state index contributed by atoms with van der Waals surface area (Å²) in [6.07, 6.45) is 3.07. The first-order valence-electron chi connectivity index (χ1n) is 10.7. The lowest BCUT2D eigenvalue weighted by atomic mass is 9.96. The minimum Gasteiger partial charge on any atom is -0.381 e. The highest BCUT2D eigenvalue weighted by atomic mass is 32.2. The van der Waals surface area contributed by atoms with E-state index in [1.165, 1.54) is 24.3 Å². The van der Waals surface area contributed by atoms with Crippen LogP contribution < -0.4 is 0 Å². The molecule has 10 heteroatoms. The predicted molar refractivity (Wildman–Crippen MR) is 125 cm³/mol. The molecule has 2 aromatic carbocycles. The first-order chi connectivity index (χ1) is 15.4. The minimum absolute atomic E-state index is 0.112. The topological polar surface area (TPSA) is 127 Å². The van der Waals surface area contributed by atoms with Crippen LogP contribution in [0.3, 0.4) is 0 Å². The molecule has 33 heavy (non-hydrogen) atoms. The van der Waals surface area contributed by atoms with E-state index in [1.807, 2.05) is 0 Å². The Morgan fingerprint density at radius 2 is 1.00 bits per heavy atom. The Balaban J connectivity index is 1.58. The van der Waals surface area contributed by atoms with Crippen LogP contribution in [0.4, 0.5) is 0 Å². The summed E-state index contributed by atoms with van der Waals surface area (Å²) in [7, 11) is -8.32. The third-order valence-corrected chi connectivity index (χ3v) is 6.67. The van der Waals surface area contributed by atoms with E-state index in [2.05, 4.69) is 13.8 Å². The van der Waals surface area contributed by atoms with Crippen molar-refractivity contribution < 1.29 is 35.4 Å². The fourth-order valence-electron chi connectivity index (χ4n) is 3.15. The van der Waals surface area contributed by atoms with E-state index >= 15 is 0 Å². The van der Waals surface area contributed by atoms with Crippen molar-refractivity contribution in [2.45, 2.75) is 49.3 Å². The van der Waals surface area contributed by atoms with Gasteiger partial charge in [-0.25, -0.2) is 0 Å². The van der Waals surface area contributed by atoms with Crippen molar-refractivity contribution in [3.05, 3.63) is 59.7 Å². The molecule has 0 aliphatic heterocycles. The fraction of sp³-hybridized carbons (Fsp3) is 0.478. The van der Waals surface area contributed by atoms with Gasteiger partial charge < -0.3 is 9.47 Å². The van der Waals surface area contributed by atoms with Crippen LogP contribution in [0.15, 0.2) is 58.3 Å². The Bertz CT molecular complexity index is 987. The fourth-order valence-corrected chi connectivity index (χ4v) is 4.11. The molecule has 0 atom stereocenters. The van der Waals surface area contributed by atoms with Crippen LogP contribution in [-0.4, -0.2) is 52.4 Å². The number of ether oxygens (including phenoxy) is 2. The van der Waals surface area contributed by atoms with Gasteiger partial charge in [0.05, 0.1) is 23.0 Å². The van der Waals surface area contributed by atoms with Gasteiger partial charge in [0, 0.05) is 18.6 Å². The van der Waals surface area contributed by atoms with Gasteiger partial charge in [0.15, 0.2) is 0 Å². The molecule has 0 radical (unpaired) electrons. The number of hydrogen-bond acceptors (Lipinski definition) is 6. The molecule has 0 aliphatic rings. The van der Waals surface area contributed by atoms with E-state index in [0.29, 0.717) is 26.4 Å². The predicted octanol–water partition coefficient (Wildman–Crippen LogP) is 3.80. The zero-order valence-corrected chi connectivity index (χ0v) is 20.6. The number of hydrogen-bond donors (Lipinski definition) is 2. The highest BCUT2D eigenvalue weighted by Gasteiger charge is 2.18. The minimum atomic E-state index is -4.16. The molecule has 2 N–H and O–H groups in total. The molecule has 8 nitrogen and oxygen atoms in total. The third-order valence-electron chi connectivity index (χ3n) is 4.94. The Morgan fingerprint density at radius 1 is 0.667 bits per heavy atom. The second kappa shape index (κ2) is 12.0. The van der Waals surface area contributed by atoms with E-state index in [4.69, 9.17) is 18.6 Å². The van der Waals surface area contributed by atoms with Crippen molar-refractivity contribution >= 4 is 20.2 Å². The number of benzene rings is 2. The zero-order chi connectivity index (χ0) is 24.5. The Kier molecular flexibility index (Phi) is 10.0. The molecule has 0 amide bonds. The van der Waals surface area contributed by atoms with Crippen molar-refractivity contribution in [2.75, 3.05) is 26.4 Å². The van der Waals surface area contributed by atoms with Gasteiger partial charge in [-0.3, -0.25) is 9.11 Å². The summed E-state index contributed by atoms with van der Waals surface area (Å²) in [5.41, 5.74) is 1.80. The largest absolute Gasteiger partial charge is 0.381 e. The second-order valence-electron chi connectivity index (χ2n) is 8.71. The van der Waals surface area contributed by atoms with Crippen molar-refractivity contribution in [1.82, 2.24) is 0 Å². The standard InChI is InChI=1S/C23H32O8S2/c1-23(2,17-30-15-3-5-19-7-11-21(12-8-19)32(24,25)26)18-31-16-4-6-20-9-13-22(14-10-20)33(27,28)29/h7-14H,3-6,15-18H2,1-2H3,(H,24,25,26)(H,27,28,29). The van der Waals surface area contributed by atoms with Crippen LogP contribution in [0.5, 0.6) is 0 Å². The van der Waals surface area contributed by atoms with E-state index in [-0.39, 0.29) is 15.2 Å². The van der Waals surface area contributed by atoms with Crippen LogP contribution in [0.2, 0.25) is 0 Å². The molecule has 2 aromatic rings. The molecule has 184 valence electrons. The van der Waals surface area contributed by atoms with Crippen molar-refractivity contribution in [1.29, 1.82) is 0 Å². The van der Waals surface area contributed by atoms with E-state index in [1.54, 1.807) is 24.3 Å². The van der Waals surface area contributed by atoms with Gasteiger partial charge in [0.25, 0.3) is 20.2 Å². The molecule has 0 saturated heterocycles. The first-order valence-corrected chi connectivity index (χ1v) is 13.5. The monoisotopic (exact) mass is 500 g/mol. The molecule has 0 aromatic heterocycles. The van der Waals surface area contributed by atoms with Gasteiger partial charge in [-0.1, -0.05) is 38.1 Å². The van der Waals surface area contributed by atoms with Crippen LogP contribution in [0, 0.1) is 5.41 Å². The summed E-state index contributed by atoms with van der Waals surface area (Å²) in [6.45, 7) is 6.37. The zero-order valence-electron chi connectivity index (χ0n) is 18.9. The van der Waals surface area contributed by atoms with E-state index in [9.17, 15) is 16.8 Å². The van der Waals surface area contributed by atoms with Gasteiger partial charge in [0.2, 0.25) is 0 Å². The van der Waals surface area contributed by atoms with Crippen molar-refractivity contribution in [3.8, 4) is 0 Å². The van der Waals surface area contributed by atoms with Crippen LogP contribution in [0.1, 0.15) is 37.8 Å². The van der Waals surface area contributed by atoms with Crippen molar-refractivity contribution in [2.24, 2.45) is 5.41 Å². The summed E-state index contributed by atoms with van der Waals surface area (Å²) >= 11 is 0. The number of aryl methyl sites for hydroxylation is 2. The average Bonchev–Trinajstić information content (AvgIpc) is 2.72. The summed E-state index contributed by atoms with van der Waals surface area (Å²) < 4.78 is 73.8. The lowest BCUT2D eigenvalue weighted by molar-refractivity contribution is -0.00431. The average molecular weight is 501 g/mol. The molecular weight excluding hydrogens is 468 g/mol. The summed E-state index contributed by atoms with van der Waals surface area (Å²) in [6, 6.07) is 12.3. The Morgan fingerprint density at radius 3 is 1.30 bits per heavy atom. The normalized spacial score (nSPS) is 12.7. The molecule has 0 fully saturated rings. The maximum absolute atomic E-state index is 11.1. The summed E-state index contributed by atoms with van der Waals surface area (Å²) in [5, 5.41) is 0. The molecular formula is C23H32O8S2.